The number of imidazole rings is 1. The van der Waals surface area contributed by atoms with Crippen molar-refractivity contribution in [3.8, 4) is 0 Å². The molecule has 1 aromatic carbocycles. The molecule has 0 saturated carbocycles. The average Bonchev–Trinajstić information content (AvgIpc) is 3.12. The van der Waals surface area contributed by atoms with E-state index in [-0.39, 0.29) is 0 Å². The van der Waals surface area contributed by atoms with E-state index in [1.807, 2.05) is 0 Å². The van der Waals surface area contributed by atoms with Crippen LogP contribution >= 0.6 is 0 Å². The molecule has 2 aromatic rings. The summed E-state index contributed by atoms with van der Waals surface area (Å²) in [6.45, 7) is 7.49. The van der Waals surface area contributed by atoms with Crippen LogP contribution in [0, 0.1) is 0 Å². The molecule has 21 heavy (non-hydrogen) atoms. The molecule has 1 saturated heterocycles. The van der Waals surface area contributed by atoms with E-state index in [2.05, 4.69) is 34.6 Å². The van der Waals surface area contributed by atoms with E-state index in [9.17, 15) is 0 Å². The standard InChI is InChI=1S/C17H26N4/c1-2-14-5-6-16-15(13-14)19-17(7-8-18)21(16)12-11-20-9-3-4-10-20/h5-6,13H,2-4,7-12,18H2,1H3. The Balaban J connectivity index is 1.87. The molecule has 0 atom stereocenters. The average molecular weight is 286 g/mol. The molecule has 0 spiro atoms. The third-order valence-electron chi connectivity index (χ3n) is 4.51. The zero-order valence-corrected chi connectivity index (χ0v) is 13.0. The smallest absolute Gasteiger partial charge is 0.111 e. The van der Waals surface area contributed by atoms with Gasteiger partial charge in [-0.05, 0) is 56.6 Å². The summed E-state index contributed by atoms with van der Waals surface area (Å²) in [7, 11) is 0. The van der Waals surface area contributed by atoms with Crippen LogP contribution in [0.5, 0.6) is 0 Å². The van der Waals surface area contributed by atoms with E-state index in [0.717, 1.165) is 37.3 Å². The van der Waals surface area contributed by atoms with Gasteiger partial charge < -0.3 is 15.2 Å². The second-order valence-corrected chi connectivity index (χ2v) is 5.94. The molecule has 3 rings (SSSR count). The highest BCUT2D eigenvalue weighted by molar-refractivity contribution is 5.77. The Labute approximate surface area is 126 Å². The molecule has 1 aliphatic rings. The normalized spacial score (nSPS) is 16.1. The van der Waals surface area contributed by atoms with Crippen LogP contribution in [-0.4, -0.2) is 40.6 Å². The van der Waals surface area contributed by atoms with Crippen molar-refractivity contribution in [2.24, 2.45) is 5.73 Å². The van der Waals surface area contributed by atoms with Gasteiger partial charge in [-0.3, -0.25) is 0 Å². The van der Waals surface area contributed by atoms with Crippen LogP contribution in [0.4, 0.5) is 0 Å². The third-order valence-corrected chi connectivity index (χ3v) is 4.51. The number of likely N-dealkylation sites (tertiary alicyclic amines) is 1. The lowest BCUT2D eigenvalue weighted by Gasteiger charge is -2.16. The Morgan fingerprint density at radius 1 is 1.19 bits per heavy atom. The molecule has 114 valence electrons. The van der Waals surface area contributed by atoms with Crippen LogP contribution in [0.2, 0.25) is 0 Å². The minimum Gasteiger partial charge on any atom is -0.330 e. The lowest BCUT2D eigenvalue weighted by molar-refractivity contribution is 0.322. The second-order valence-electron chi connectivity index (χ2n) is 5.94. The van der Waals surface area contributed by atoms with Crippen LogP contribution in [0.1, 0.15) is 31.2 Å². The minimum absolute atomic E-state index is 0.660. The predicted octanol–water partition coefficient (Wildman–Crippen LogP) is 2.20. The van der Waals surface area contributed by atoms with Crippen LogP contribution in [0.15, 0.2) is 18.2 Å². The van der Waals surface area contributed by atoms with Crippen molar-refractivity contribution in [2.75, 3.05) is 26.2 Å². The van der Waals surface area contributed by atoms with Crippen molar-refractivity contribution in [2.45, 2.75) is 39.2 Å². The number of aromatic nitrogens is 2. The summed E-state index contributed by atoms with van der Waals surface area (Å²) in [4.78, 5) is 7.37. The summed E-state index contributed by atoms with van der Waals surface area (Å²) < 4.78 is 2.37. The Hall–Kier alpha value is -1.39. The fraction of sp³-hybridized carbons (Fsp3) is 0.588. The van der Waals surface area contributed by atoms with Gasteiger partial charge in [0, 0.05) is 19.5 Å². The van der Waals surface area contributed by atoms with Gasteiger partial charge in [-0.1, -0.05) is 13.0 Å². The first-order valence-corrected chi connectivity index (χ1v) is 8.22. The number of hydrogen-bond donors (Lipinski definition) is 1. The van der Waals surface area contributed by atoms with Gasteiger partial charge in [0.05, 0.1) is 11.0 Å². The van der Waals surface area contributed by atoms with Crippen LogP contribution in [-0.2, 0) is 19.4 Å². The molecule has 0 aliphatic carbocycles. The highest BCUT2D eigenvalue weighted by Gasteiger charge is 2.14. The van der Waals surface area contributed by atoms with E-state index in [4.69, 9.17) is 10.7 Å². The van der Waals surface area contributed by atoms with E-state index in [1.165, 1.54) is 37.0 Å². The highest BCUT2D eigenvalue weighted by atomic mass is 15.2. The molecule has 0 bridgehead atoms. The molecule has 1 aromatic heterocycles. The number of fused-ring (bicyclic) bond motifs is 1. The molecule has 2 heterocycles. The van der Waals surface area contributed by atoms with Gasteiger partial charge in [-0.2, -0.15) is 0 Å². The molecular formula is C17H26N4. The number of aryl methyl sites for hydroxylation is 1. The van der Waals surface area contributed by atoms with Gasteiger partial charge in [0.25, 0.3) is 0 Å². The van der Waals surface area contributed by atoms with Crippen molar-refractivity contribution < 1.29 is 0 Å². The number of rotatable bonds is 6. The predicted molar refractivity (Wildman–Crippen MR) is 87.5 cm³/mol. The lowest BCUT2D eigenvalue weighted by Crippen LogP contribution is -2.25. The molecule has 1 aliphatic heterocycles. The van der Waals surface area contributed by atoms with Gasteiger partial charge >= 0.3 is 0 Å². The summed E-state index contributed by atoms with van der Waals surface area (Å²) >= 11 is 0. The van der Waals surface area contributed by atoms with E-state index in [0.29, 0.717) is 6.54 Å². The van der Waals surface area contributed by atoms with Crippen LogP contribution in [0.3, 0.4) is 0 Å². The fourth-order valence-corrected chi connectivity index (χ4v) is 3.26. The van der Waals surface area contributed by atoms with Crippen molar-refractivity contribution in [3.05, 3.63) is 29.6 Å². The maximum absolute atomic E-state index is 5.76. The second kappa shape index (κ2) is 6.58. The molecule has 0 amide bonds. The van der Waals surface area contributed by atoms with Gasteiger partial charge in [-0.25, -0.2) is 4.98 Å². The summed E-state index contributed by atoms with van der Waals surface area (Å²) in [6.07, 6.45) is 4.61. The van der Waals surface area contributed by atoms with E-state index >= 15 is 0 Å². The first-order chi connectivity index (χ1) is 10.3. The molecule has 2 N–H and O–H groups in total. The molecule has 0 unspecified atom stereocenters. The molecule has 1 fully saturated rings. The lowest BCUT2D eigenvalue weighted by atomic mass is 10.1. The van der Waals surface area contributed by atoms with Crippen molar-refractivity contribution in [3.63, 3.8) is 0 Å². The third kappa shape index (κ3) is 3.11. The summed E-state index contributed by atoms with van der Waals surface area (Å²) in [6, 6.07) is 6.68. The number of hydrogen-bond acceptors (Lipinski definition) is 3. The van der Waals surface area contributed by atoms with Crippen LogP contribution in [0.25, 0.3) is 11.0 Å². The topological polar surface area (TPSA) is 47.1 Å². The molecule has 0 radical (unpaired) electrons. The Morgan fingerprint density at radius 2 is 2.00 bits per heavy atom. The monoisotopic (exact) mass is 286 g/mol. The highest BCUT2D eigenvalue weighted by Crippen LogP contribution is 2.19. The Kier molecular flexibility index (Phi) is 4.56. The fourth-order valence-electron chi connectivity index (χ4n) is 3.26. The van der Waals surface area contributed by atoms with Crippen molar-refractivity contribution in [1.29, 1.82) is 0 Å². The molecule has 4 nitrogen and oxygen atoms in total. The van der Waals surface area contributed by atoms with Gasteiger partial charge in [-0.15, -0.1) is 0 Å². The maximum atomic E-state index is 5.76. The number of benzene rings is 1. The summed E-state index contributed by atoms with van der Waals surface area (Å²) in [5, 5.41) is 0. The summed E-state index contributed by atoms with van der Waals surface area (Å²) in [5.74, 6) is 1.14. The first kappa shape index (κ1) is 14.5. The number of nitrogens with two attached hydrogens (primary N) is 1. The van der Waals surface area contributed by atoms with Gasteiger partial charge in [0.1, 0.15) is 5.82 Å². The van der Waals surface area contributed by atoms with Crippen molar-refractivity contribution in [1.82, 2.24) is 14.5 Å². The largest absolute Gasteiger partial charge is 0.330 e. The Morgan fingerprint density at radius 3 is 2.71 bits per heavy atom. The summed E-state index contributed by atoms with van der Waals surface area (Å²) in [5.41, 5.74) is 9.50. The number of nitrogens with zero attached hydrogens (tertiary/aromatic N) is 3. The zero-order chi connectivity index (χ0) is 14.7. The Bertz CT molecular complexity index is 596. The van der Waals surface area contributed by atoms with Gasteiger partial charge in [0.15, 0.2) is 0 Å². The van der Waals surface area contributed by atoms with Gasteiger partial charge in [0.2, 0.25) is 0 Å². The zero-order valence-electron chi connectivity index (χ0n) is 13.0. The molecular weight excluding hydrogens is 260 g/mol. The quantitative estimate of drug-likeness (QED) is 0.885. The maximum Gasteiger partial charge on any atom is 0.111 e. The first-order valence-electron chi connectivity index (χ1n) is 8.22. The minimum atomic E-state index is 0.660. The van der Waals surface area contributed by atoms with Crippen LogP contribution < -0.4 is 5.73 Å². The van der Waals surface area contributed by atoms with E-state index < -0.39 is 0 Å². The SMILES string of the molecule is CCc1ccc2c(c1)nc(CCN)n2CCN1CCCC1. The van der Waals surface area contributed by atoms with E-state index in [1.54, 1.807) is 0 Å². The van der Waals surface area contributed by atoms with Crippen molar-refractivity contribution >= 4 is 11.0 Å². The molecule has 4 heteroatoms.